The second-order valence-corrected chi connectivity index (χ2v) is 5.21. The molecule has 0 atom stereocenters. The molecule has 2 aromatic rings. The number of nitro benzene ring substituents is 1. The van der Waals surface area contributed by atoms with Crippen LogP contribution in [0.25, 0.3) is 0 Å². The molecular formula is C16H13ClN2O6. The Balaban J connectivity index is 1.97. The number of carbonyl (C=O) groups excluding carboxylic acids is 2. The van der Waals surface area contributed by atoms with Gasteiger partial charge >= 0.3 is 5.97 Å². The summed E-state index contributed by atoms with van der Waals surface area (Å²) in [7, 11) is 1.31. The Morgan fingerprint density at radius 2 is 1.88 bits per heavy atom. The molecule has 0 spiro atoms. The molecule has 0 radical (unpaired) electrons. The van der Waals surface area contributed by atoms with Crippen LogP contribution in [0.2, 0.25) is 5.02 Å². The fourth-order valence-electron chi connectivity index (χ4n) is 1.88. The summed E-state index contributed by atoms with van der Waals surface area (Å²) in [4.78, 5) is 33.9. The maximum atomic E-state index is 11.9. The first-order chi connectivity index (χ1) is 11.9. The van der Waals surface area contributed by atoms with Gasteiger partial charge in [0, 0.05) is 11.1 Å². The molecule has 0 aliphatic rings. The largest absolute Gasteiger partial charge is 0.494 e. The number of anilines is 1. The second kappa shape index (κ2) is 8.11. The fourth-order valence-corrected chi connectivity index (χ4v) is 2.01. The smallest absolute Gasteiger partial charge is 0.338 e. The lowest BCUT2D eigenvalue weighted by molar-refractivity contribution is -0.384. The molecule has 0 heterocycles. The molecule has 0 saturated carbocycles. The van der Waals surface area contributed by atoms with Crippen molar-refractivity contribution in [3.05, 3.63) is 63.2 Å². The van der Waals surface area contributed by atoms with Crippen molar-refractivity contribution < 1.29 is 24.0 Å². The SMILES string of the molecule is COc1cc([N+](=O)[O-])ccc1NC(=O)COC(=O)c1ccc(Cl)cc1. The molecule has 130 valence electrons. The Bertz CT molecular complexity index is 807. The third-order valence-electron chi connectivity index (χ3n) is 3.08. The van der Waals surface area contributed by atoms with Crippen molar-refractivity contribution in [2.24, 2.45) is 0 Å². The van der Waals surface area contributed by atoms with Gasteiger partial charge in [-0.05, 0) is 30.3 Å². The molecular weight excluding hydrogens is 352 g/mol. The Kier molecular flexibility index (Phi) is 5.91. The van der Waals surface area contributed by atoms with E-state index in [9.17, 15) is 19.7 Å². The Morgan fingerprint density at radius 3 is 2.48 bits per heavy atom. The molecule has 0 fully saturated rings. The van der Waals surface area contributed by atoms with E-state index in [4.69, 9.17) is 21.1 Å². The number of nitro groups is 1. The van der Waals surface area contributed by atoms with Crippen LogP contribution in [0.3, 0.4) is 0 Å². The van der Waals surface area contributed by atoms with E-state index in [1.54, 1.807) is 0 Å². The molecule has 8 nitrogen and oxygen atoms in total. The van der Waals surface area contributed by atoms with Gasteiger partial charge in [0.1, 0.15) is 5.75 Å². The molecule has 0 aromatic heterocycles. The van der Waals surface area contributed by atoms with Gasteiger partial charge in [0.05, 0.1) is 29.4 Å². The first kappa shape index (κ1) is 18.2. The van der Waals surface area contributed by atoms with E-state index in [-0.39, 0.29) is 22.7 Å². The molecule has 9 heteroatoms. The average Bonchev–Trinajstić information content (AvgIpc) is 2.60. The van der Waals surface area contributed by atoms with Crippen LogP contribution in [-0.2, 0) is 9.53 Å². The van der Waals surface area contributed by atoms with Gasteiger partial charge in [-0.25, -0.2) is 4.79 Å². The van der Waals surface area contributed by atoms with Crippen LogP contribution in [0.1, 0.15) is 10.4 Å². The van der Waals surface area contributed by atoms with Crippen molar-refractivity contribution >= 4 is 34.9 Å². The average molecular weight is 365 g/mol. The highest BCUT2D eigenvalue weighted by atomic mass is 35.5. The summed E-state index contributed by atoms with van der Waals surface area (Å²) < 4.78 is 9.90. The number of hydrogen-bond donors (Lipinski definition) is 1. The second-order valence-electron chi connectivity index (χ2n) is 4.77. The van der Waals surface area contributed by atoms with Crippen LogP contribution in [0.4, 0.5) is 11.4 Å². The molecule has 0 aliphatic heterocycles. The van der Waals surface area contributed by atoms with Crippen molar-refractivity contribution in [1.82, 2.24) is 0 Å². The summed E-state index contributed by atoms with van der Waals surface area (Å²) in [5, 5.41) is 13.7. The lowest BCUT2D eigenvalue weighted by atomic mass is 10.2. The number of rotatable bonds is 6. The minimum atomic E-state index is -0.678. The molecule has 2 rings (SSSR count). The van der Waals surface area contributed by atoms with Crippen LogP contribution < -0.4 is 10.1 Å². The highest BCUT2D eigenvalue weighted by Gasteiger charge is 2.15. The summed E-state index contributed by atoms with van der Waals surface area (Å²) in [6.07, 6.45) is 0. The van der Waals surface area contributed by atoms with Gasteiger partial charge in [0.25, 0.3) is 11.6 Å². The summed E-state index contributed by atoms with van der Waals surface area (Å²) >= 11 is 5.72. The highest BCUT2D eigenvalue weighted by Crippen LogP contribution is 2.28. The van der Waals surface area contributed by atoms with Crippen molar-refractivity contribution in [2.45, 2.75) is 0 Å². The number of nitrogens with one attached hydrogen (secondary N) is 1. The number of carbonyl (C=O) groups is 2. The standard InChI is InChI=1S/C16H13ClN2O6/c1-24-14-8-12(19(22)23)6-7-13(14)18-15(20)9-25-16(21)10-2-4-11(17)5-3-10/h2-8H,9H2,1H3,(H,18,20). The summed E-state index contributed by atoms with van der Waals surface area (Å²) in [6, 6.07) is 9.73. The van der Waals surface area contributed by atoms with Crippen molar-refractivity contribution in [3.63, 3.8) is 0 Å². The molecule has 0 unspecified atom stereocenters. The number of methoxy groups -OCH3 is 1. The number of halogens is 1. The quantitative estimate of drug-likeness (QED) is 0.479. The van der Waals surface area contributed by atoms with Crippen LogP contribution >= 0.6 is 11.6 Å². The van der Waals surface area contributed by atoms with Crippen LogP contribution in [0.5, 0.6) is 5.75 Å². The maximum absolute atomic E-state index is 11.9. The zero-order valence-corrected chi connectivity index (χ0v) is 13.8. The predicted molar refractivity (Wildman–Crippen MR) is 90.0 cm³/mol. The normalized spacial score (nSPS) is 10.0. The number of hydrogen-bond acceptors (Lipinski definition) is 6. The minimum Gasteiger partial charge on any atom is -0.494 e. The Hall–Kier alpha value is -3.13. The number of nitrogens with zero attached hydrogens (tertiary/aromatic N) is 1. The van der Waals surface area contributed by atoms with Crippen molar-refractivity contribution in [2.75, 3.05) is 19.0 Å². The number of benzene rings is 2. The summed E-state index contributed by atoms with van der Waals surface area (Å²) in [5.41, 5.74) is 0.301. The topological polar surface area (TPSA) is 108 Å². The fraction of sp³-hybridized carbons (Fsp3) is 0.125. The van der Waals surface area contributed by atoms with Gasteiger partial charge in [-0.3, -0.25) is 14.9 Å². The van der Waals surface area contributed by atoms with E-state index in [0.717, 1.165) is 0 Å². The minimum absolute atomic E-state index is 0.117. The van der Waals surface area contributed by atoms with Crippen molar-refractivity contribution in [1.29, 1.82) is 0 Å². The third-order valence-corrected chi connectivity index (χ3v) is 3.34. The molecule has 1 amide bonds. The predicted octanol–water partition coefficient (Wildman–Crippen LogP) is 3.05. The number of ether oxygens (including phenoxy) is 2. The Labute approximate surface area is 147 Å². The molecule has 0 saturated heterocycles. The van der Waals surface area contributed by atoms with Gasteiger partial charge < -0.3 is 14.8 Å². The summed E-state index contributed by atoms with van der Waals surface area (Å²) in [5.74, 6) is -1.18. The van der Waals surface area contributed by atoms with E-state index in [2.05, 4.69) is 5.32 Å². The first-order valence-corrected chi connectivity index (χ1v) is 7.33. The third kappa shape index (κ3) is 4.92. The van der Waals surface area contributed by atoms with Crippen LogP contribution in [-0.4, -0.2) is 30.5 Å². The molecule has 2 aromatic carbocycles. The van der Waals surface area contributed by atoms with E-state index in [0.29, 0.717) is 5.02 Å². The first-order valence-electron chi connectivity index (χ1n) is 6.95. The zero-order chi connectivity index (χ0) is 18.4. The highest BCUT2D eigenvalue weighted by molar-refractivity contribution is 6.30. The van der Waals surface area contributed by atoms with E-state index in [1.165, 1.54) is 49.6 Å². The molecule has 1 N–H and O–H groups in total. The van der Waals surface area contributed by atoms with E-state index >= 15 is 0 Å². The van der Waals surface area contributed by atoms with E-state index < -0.39 is 23.4 Å². The van der Waals surface area contributed by atoms with Gasteiger partial charge in [-0.15, -0.1) is 0 Å². The van der Waals surface area contributed by atoms with Gasteiger partial charge in [0.2, 0.25) is 0 Å². The number of non-ortho nitro benzene ring substituents is 1. The molecule has 25 heavy (non-hydrogen) atoms. The lowest BCUT2D eigenvalue weighted by Crippen LogP contribution is -2.21. The van der Waals surface area contributed by atoms with Gasteiger partial charge in [0.15, 0.2) is 6.61 Å². The van der Waals surface area contributed by atoms with Crippen LogP contribution in [0.15, 0.2) is 42.5 Å². The van der Waals surface area contributed by atoms with Crippen molar-refractivity contribution in [3.8, 4) is 5.75 Å². The maximum Gasteiger partial charge on any atom is 0.338 e. The van der Waals surface area contributed by atoms with Gasteiger partial charge in [-0.1, -0.05) is 11.6 Å². The number of esters is 1. The Morgan fingerprint density at radius 1 is 1.20 bits per heavy atom. The lowest BCUT2D eigenvalue weighted by Gasteiger charge is -2.10. The number of amides is 1. The van der Waals surface area contributed by atoms with Gasteiger partial charge in [-0.2, -0.15) is 0 Å². The zero-order valence-electron chi connectivity index (χ0n) is 13.0. The summed E-state index contributed by atoms with van der Waals surface area (Å²) in [6.45, 7) is -0.526. The molecule has 0 aliphatic carbocycles. The molecule has 0 bridgehead atoms. The van der Waals surface area contributed by atoms with E-state index in [1.807, 2.05) is 0 Å². The van der Waals surface area contributed by atoms with Crippen LogP contribution in [0, 0.1) is 10.1 Å². The monoisotopic (exact) mass is 364 g/mol.